The lowest BCUT2D eigenvalue weighted by Gasteiger charge is -2.15. The van der Waals surface area contributed by atoms with Gasteiger partial charge in [-0.25, -0.2) is 15.0 Å². The molecule has 0 aliphatic rings. The standard InChI is InChI=1S/C18H18N6O2/c1-12-8-9-19-15(10-12)23-18-16(24(25)26)17(20-11-21-18)22-13(2)14-6-4-3-5-7-14/h3-11,13H,1-2H3,(H2,19,20,21,22,23). The third-order valence-corrected chi connectivity index (χ3v) is 3.82. The van der Waals surface area contributed by atoms with E-state index in [4.69, 9.17) is 0 Å². The Balaban J connectivity index is 1.92. The number of anilines is 3. The number of nitro groups is 1. The molecule has 8 heteroatoms. The smallest absolute Gasteiger partial charge is 0.353 e. The largest absolute Gasteiger partial charge is 0.358 e. The van der Waals surface area contributed by atoms with Gasteiger partial charge in [-0.05, 0) is 37.1 Å². The van der Waals surface area contributed by atoms with Crippen molar-refractivity contribution in [1.82, 2.24) is 15.0 Å². The Kier molecular flexibility index (Phi) is 5.02. The predicted molar refractivity (Wildman–Crippen MR) is 99.4 cm³/mol. The number of hydrogen-bond donors (Lipinski definition) is 2. The summed E-state index contributed by atoms with van der Waals surface area (Å²) in [6.07, 6.45) is 2.91. The van der Waals surface area contributed by atoms with Gasteiger partial charge >= 0.3 is 5.69 Å². The Morgan fingerprint density at radius 2 is 1.81 bits per heavy atom. The Labute approximate surface area is 150 Å². The summed E-state index contributed by atoms with van der Waals surface area (Å²) in [6.45, 7) is 3.83. The minimum Gasteiger partial charge on any atom is -0.358 e. The molecule has 3 aromatic rings. The van der Waals surface area contributed by atoms with Gasteiger partial charge in [0.25, 0.3) is 0 Å². The number of nitrogens with zero attached hydrogens (tertiary/aromatic N) is 4. The second-order valence-corrected chi connectivity index (χ2v) is 5.80. The molecule has 0 aliphatic carbocycles. The van der Waals surface area contributed by atoms with Gasteiger partial charge in [0.15, 0.2) is 0 Å². The first-order chi connectivity index (χ1) is 12.5. The van der Waals surface area contributed by atoms with Crippen LogP contribution >= 0.6 is 0 Å². The number of aryl methyl sites for hydroxylation is 1. The Morgan fingerprint density at radius 1 is 1.08 bits per heavy atom. The molecule has 26 heavy (non-hydrogen) atoms. The summed E-state index contributed by atoms with van der Waals surface area (Å²) < 4.78 is 0. The molecular weight excluding hydrogens is 332 g/mol. The van der Waals surface area contributed by atoms with E-state index >= 15 is 0 Å². The lowest BCUT2D eigenvalue weighted by molar-refractivity contribution is -0.383. The van der Waals surface area contributed by atoms with Crippen molar-refractivity contribution in [3.05, 3.63) is 76.2 Å². The maximum Gasteiger partial charge on any atom is 0.353 e. The van der Waals surface area contributed by atoms with Crippen LogP contribution in [0.15, 0.2) is 55.0 Å². The van der Waals surface area contributed by atoms with Crippen molar-refractivity contribution >= 4 is 23.1 Å². The normalized spacial score (nSPS) is 11.6. The van der Waals surface area contributed by atoms with Crippen LogP contribution in [0.25, 0.3) is 0 Å². The van der Waals surface area contributed by atoms with E-state index in [2.05, 4.69) is 25.6 Å². The van der Waals surface area contributed by atoms with Crippen LogP contribution in [-0.2, 0) is 0 Å². The predicted octanol–water partition coefficient (Wildman–Crippen LogP) is 4.00. The molecule has 0 radical (unpaired) electrons. The fraction of sp³-hybridized carbons (Fsp3) is 0.167. The van der Waals surface area contributed by atoms with Gasteiger partial charge in [0.2, 0.25) is 11.6 Å². The number of aromatic nitrogens is 3. The lowest BCUT2D eigenvalue weighted by Crippen LogP contribution is -2.12. The average molecular weight is 350 g/mol. The molecule has 3 rings (SSSR count). The lowest BCUT2D eigenvalue weighted by atomic mass is 10.1. The van der Waals surface area contributed by atoms with Crippen molar-refractivity contribution in [2.75, 3.05) is 10.6 Å². The van der Waals surface area contributed by atoms with Gasteiger partial charge in [0.1, 0.15) is 12.1 Å². The van der Waals surface area contributed by atoms with Gasteiger partial charge in [-0.15, -0.1) is 0 Å². The molecule has 0 bridgehead atoms. The number of hydrogen-bond acceptors (Lipinski definition) is 7. The number of pyridine rings is 1. The Hall–Kier alpha value is -3.55. The van der Waals surface area contributed by atoms with E-state index in [9.17, 15) is 10.1 Å². The van der Waals surface area contributed by atoms with E-state index in [0.29, 0.717) is 5.82 Å². The zero-order valence-electron chi connectivity index (χ0n) is 14.4. The van der Waals surface area contributed by atoms with Gasteiger partial charge in [-0.1, -0.05) is 30.3 Å². The molecule has 8 nitrogen and oxygen atoms in total. The Bertz CT molecular complexity index is 917. The highest BCUT2D eigenvalue weighted by Crippen LogP contribution is 2.32. The highest BCUT2D eigenvalue weighted by atomic mass is 16.6. The minimum absolute atomic E-state index is 0.0888. The third kappa shape index (κ3) is 3.92. The first kappa shape index (κ1) is 17.3. The van der Waals surface area contributed by atoms with Gasteiger partial charge < -0.3 is 10.6 Å². The average Bonchev–Trinajstić information content (AvgIpc) is 2.62. The van der Waals surface area contributed by atoms with Gasteiger partial charge in [0, 0.05) is 6.20 Å². The molecule has 0 aliphatic heterocycles. The topological polar surface area (TPSA) is 106 Å². The summed E-state index contributed by atoms with van der Waals surface area (Å²) in [5.74, 6) is 0.719. The Morgan fingerprint density at radius 3 is 2.50 bits per heavy atom. The van der Waals surface area contributed by atoms with Crippen molar-refractivity contribution in [3.63, 3.8) is 0 Å². The maximum atomic E-state index is 11.6. The molecule has 2 N–H and O–H groups in total. The molecule has 132 valence electrons. The molecule has 0 saturated carbocycles. The van der Waals surface area contributed by atoms with E-state index in [1.54, 1.807) is 12.3 Å². The molecular formula is C18H18N6O2. The highest BCUT2D eigenvalue weighted by Gasteiger charge is 2.24. The zero-order valence-corrected chi connectivity index (χ0v) is 14.4. The van der Waals surface area contributed by atoms with Crippen LogP contribution in [0.4, 0.5) is 23.1 Å². The van der Waals surface area contributed by atoms with E-state index in [1.165, 1.54) is 6.33 Å². The molecule has 0 fully saturated rings. The molecule has 0 amide bonds. The summed E-state index contributed by atoms with van der Waals surface area (Å²) in [7, 11) is 0. The van der Waals surface area contributed by atoms with E-state index in [0.717, 1.165) is 11.1 Å². The molecule has 1 aromatic carbocycles. The van der Waals surface area contributed by atoms with Crippen molar-refractivity contribution in [1.29, 1.82) is 0 Å². The molecule has 0 saturated heterocycles. The van der Waals surface area contributed by atoms with Crippen molar-refractivity contribution in [2.24, 2.45) is 0 Å². The van der Waals surface area contributed by atoms with Gasteiger partial charge in [-0.3, -0.25) is 10.1 Å². The monoisotopic (exact) mass is 350 g/mol. The second-order valence-electron chi connectivity index (χ2n) is 5.80. The van der Waals surface area contributed by atoms with Crippen molar-refractivity contribution < 1.29 is 4.92 Å². The van der Waals surface area contributed by atoms with E-state index < -0.39 is 4.92 Å². The molecule has 2 aromatic heterocycles. The van der Waals surface area contributed by atoms with Crippen molar-refractivity contribution in [2.45, 2.75) is 19.9 Å². The van der Waals surface area contributed by atoms with Crippen LogP contribution in [0.2, 0.25) is 0 Å². The minimum atomic E-state index is -0.502. The highest BCUT2D eigenvalue weighted by molar-refractivity contribution is 5.73. The van der Waals surface area contributed by atoms with Crippen LogP contribution in [0.5, 0.6) is 0 Å². The quantitative estimate of drug-likeness (QED) is 0.511. The molecule has 1 atom stereocenters. The van der Waals surface area contributed by atoms with Gasteiger partial charge in [0.05, 0.1) is 11.0 Å². The van der Waals surface area contributed by atoms with E-state index in [1.807, 2.05) is 50.2 Å². The van der Waals surface area contributed by atoms with Crippen LogP contribution in [-0.4, -0.2) is 19.9 Å². The summed E-state index contributed by atoms with van der Waals surface area (Å²) in [4.78, 5) is 23.4. The number of benzene rings is 1. The van der Waals surface area contributed by atoms with Gasteiger partial charge in [-0.2, -0.15) is 0 Å². The fourth-order valence-corrected chi connectivity index (χ4v) is 2.50. The third-order valence-electron chi connectivity index (χ3n) is 3.82. The first-order valence-corrected chi connectivity index (χ1v) is 8.05. The second kappa shape index (κ2) is 7.56. The number of nitrogens with one attached hydrogen (secondary N) is 2. The summed E-state index contributed by atoms with van der Waals surface area (Å²) >= 11 is 0. The van der Waals surface area contributed by atoms with Crippen LogP contribution in [0.1, 0.15) is 24.1 Å². The summed E-state index contributed by atoms with van der Waals surface area (Å²) in [5, 5.41) is 17.6. The SMILES string of the molecule is Cc1ccnc(Nc2ncnc(NC(C)c3ccccc3)c2[N+](=O)[O-])c1. The van der Waals surface area contributed by atoms with Crippen LogP contribution in [0, 0.1) is 17.0 Å². The first-order valence-electron chi connectivity index (χ1n) is 8.05. The molecule has 2 heterocycles. The molecule has 1 unspecified atom stereocenters. The fourth-order valence-electron chi connectivity index (χ4n) is 2.50. The summed E-state index contributed by atoms with van der Waals surface area (Å²) in [5.41, 5.74) is 1.75. The zero-order chi connectivity index (χ0) is 18.5. The number of rotatable bonds is 6. The maximum absolute atomic E-state index is 11.6. The van der Waals surface area contributed by atoms with Crippen LogP contribution < -0.4 is 10.6 Å². The van der Waals surface area contributed by atoms with E-state index in [-0.39, 0.29) is 23.4 Å². The molecule has 0 spiro atoms. The van der Waals surface area contributed by atoms with Crippen molar-refractivity contribution in [3.8, 4) is 0 Å². The summed E-state index contributed by atoms with van der Waals surface area (Å²) in [6, 6.07) is 13.1. The van der Waals surface area contributed by atoms with Crippen LogP contribution in [0.3, 0.4) is 0 Å².